The molecule has 2 rings (SSSR count). The van der Waals surface area contributed by atoms with Crippen molar-refractivity contribution in [3.63, 3.8) is 0 Å². The molecule has 0 aliphatic heterocycles. The zero-order chi connectivity index (χ0) is 14.8. The molecule has 0 aliphatic carbocycles. The number of rotatable bonds is 5. The van der Waals surface area contributed by atoms with Crippen LogP contribution in [0.1, 0.15) is 5.56 Å². The summed E-state index contributed by atoms with van der Waals surface area (Å²) in [6, 6.07) is 4.99. The molecular formula is C12H14ClN3O3S. The first kappa shape index (κ1) is 14.8. The molecule has 0 radical (unpaired) electrons. The van der Waals surface area contributed by atoms with Gasteiger partial charge in [0.2, 0.25) is 0 Å². The third-order valence-electron chi connectivity index (χ3n) is 2.76. The predicted molar refractivity (Wildman–Crippen MR) is 76.3 cm³/mol. The van der Waals surface area contributed by atoms with E-state index in [1.165, 1.54) is 17.1 Å². The Balaban J connectivity index is 2.28. The highest BCUT2D eigenvalue weighted by Gasteiger charge is 2.18. The van der Waals surface area contributed by atoms with Gasteiger partial charge in [-0.25, -0.2) is 8.42 Å². The fourth-order valence-electron chi connectivity index (χ4n) is 1.63. The Bertz CT molecular complexity index is 712. The lowest BCUT2D eigenvalue weighted by molar-refractivity contribution is 0.269. The van der Waals surface area contributed by atoms with Gasteiger partial charge in [-0.2, -0.15) is 5.10 Å². The standard InChI is InChI=1S/C12H14ClN3O3S/c1-9-11(13)3-2-4-12(9)15-20(18,19)10-7-14-16(8-10)5-6-17/h2-4,7-8,15,17H,5-6H2,1H3. The third kappa shape index (κ3) is 3.12. The van der Waals surface area contributed by atoms with Gasteiger partial charge >= 0.3 is 0 Å². The Morgan fingerprint density at radius 3 is 2.90 bits per heavy atom. The molecule has 2 aromatic rings. The highest BCUT2D eigenvalue weighted by molar-refractivity contribution is 7.92. The molecule has 2 N–H and O–H groups in total. The van der Waals surface area contributed by atoms with Crippen molar-refractivity contribution in [3.8, 4) is 0 Å². The van der Waals surface area contributed by atoms with Crippen LogP contribution in [0.2, 0.25) is 5.02 Å². The van der Waals surface area contributed by atoms with Crippen LogP contribution in [0.5, 0.6) is 0 Å². The smallest absolute Gasteiger partial charge is 0.265 e. The van der Waals surface area contributed by atoms with Crippen LogP contribution in [0, 0.1) is 6.92 Å². The van der Waals surface area contributed by atoms with Crippen molar-refractivity contribution in [1.82, 2.24) is 9.78 Å². The summed E-state index contributed by atoms with van der Waals surface area (Å²) in [6.07, 6.45) is 2.59. The molecule has 0 saturated carbocycles. The van der Waals surface area contributed by atoms with Gasteiger partial charge in [-0.05, 0) is 24.6 Å². The summed E-state index contributed by atoms with van der Waals surface area (Å²) >= 11 is 5.95. The van der Waals surface area contributed by atoms with Gasteiger partial charge in [-0.3, -0.25) is 9.40 Å². The van der Waals surface area contributed by atoms with E-state index in [0.29, 0.717) is 16.3 Å². The average Bonchev–Trinajstić information content (AvgIpc) is 2.85. The normalized spacial score (nSPS) is 11.6. The number of benzene rings is 1. The molecule has 108 valence electrons. The number of hydrogen-bond donors (Lipinski definition) is 2. The van der Waals surface area contributed by atoms with Gasteiger partial charge in [0.25, 0.3) is 10.0 Å². The van der Waals surface area contributed by atoms with Crippen LogP contribution in [-0.2, 0) is 16.6 Å². The molecule has 8 heteroatoms. The highest BCUT2D eigenvalue weighted by atomic mass is 35.5. The van der Waals surface area contributed by atoms with Crippen LogP contribution in [0.4, 0.5) is 5.69 Å². The highest BCUT2D eigenvalue weighted by Crippen LogP contribution is 2.25. The van der Waals surface area contributed by atoms with E-state index >= 15 is 0 Å². The Morgan fingerprint density at radius 2 is 2.20 bits per heavy atom. The number of anilines is 1. The lowest BCUT2D eigenvalue weighted by Crippen LogP contribution is -2.13. The largest absolute Gasteiger partial charge is 0.394 e. The van der Waals surface area contributed by atoms with Crippen molar-refractivity contribution in [2.24, 2.45) is 0 Å². The van der Waals surface area contributed by atoms with Crippen molar-refractivity contribution in [1.29, 1.82) is 0 Å². The van der Waals surface area contributed by atoms with Gasteiger partial charge in [0.05, 0.1) is 25.0 Å². The van der Waals surface area contributed by atoms with E-state index in [-0.39, 0.29) is 18.0 Å². The summed E-state index contributed by atoms with van der Waals surface area (Å²) in [5.41, 5.74) is 1.08. The maximum Gasteiger partial charge on any atom is 0.265 e. The number of aliphatic hydroxyl groups is 1. The van der Waals surface area contributed by atoms with E-state index in [1.807, 2.05) is 0 Å². The molecule has 0 unspecified atom stereocenters. The first-order valence-electron chi connectivity index (χ1n) is 5.85. The minimum absolute atomic E-state index is 0.0327. The lowest BCUT2D eigenvalue weighted by atomic mass is 10.2. The van der Waals surface area contributed by atoms with Gasteiger partial charge in [0.1, 0.15) is 4.90 Å². The fraction of sp³-hybridized carbons (Fsp3) is 0.250. The summed E-state index contributed by atoms with van der Waals surface area (Å²) < 4.78 is 28.3. The maximum atomic E-state index is 12.2. The minimum Gasteiger partial charge on any atom is -0.394 e. The summed E-state index contributed by atoms with van der Waals surface area (Å²) in [5.74, 6) is 0. The zero-order valence-electron chi connectivity index (χ0n) is 10.7. The SMILES string of the molecule is Cc1c(Cl)cccc1NS(=O)(=O)c1cnn(CCO)c1. The first-order valence-corrected chi connectivity index (χ1v) is 7.71. The second kappa shape index (κ2) is 5.82. The quantitative estimate of drug-likeness (QED) is 0.878. The molecule has 0 bridgehead atoms. The molecule has 0 atom stereocenters. The second-order valence-electron chi connectivity index (χ2n) is 4.18. The summed E-state index contributed by atoms with van der Waals surface area (Å²) in [7, 11) is -3.72. The van der Waals surface area contributed by atoms with Crippen LogP contribution >= 0.6 is 11.6 Å². The third-order valence-corrected chi connectivity index (χ3v) is 4.49. The Kier molecular flexibility index (Phi) is 4.32. The fourth-order valence-corrected chi connectivity index (χ4v) is 2.88. The monoisotopic (exact) mass is 315 g/mol. The minimum atomic E-state index is -3.72. The van der Waals surface area contributed by atoms with Crippen LogP contribution in [0.25, 0.3) is 0 Å². The molecule has 0 spiro atoms. The van der Waals surface area contributed by atoms with E-state index in [1.54, 1.807) is 25.1 Å². The van der Waals surface area contributed by atoms with Crippen molar-refractivity contribution in [3.05, 3.63) is 41.2 Å². The summed E-state index contributed by atoms with van der Waals surface area (Å²) in [5, 5.41) is 13.1. The molecule has 20 heavy (non-hydrogen) atoms. The molecule has 0 amide bonds. The van der Waals surface area contributed by atoms with Crippen LogP contribution in [0.15, 0.2) is 35.5 Å². The molecule has 0 aliphatic rings. The second-order valence-corrected chi connectivity index (χ2v) is 6.27. The number of nitrogens with zero attached hydrogens (tertiary/aromatic N) is 2. The number of nitrogens with one attached hydrogen (secondary N) is 1. The molecule has 0 fully saturated rings. The van der Waals surface area contributed by atoms with E-state index < -0.39 is 10.0 Å². The number of aliphatic hydroxyl groups excluding tert-OH is 1. The molecule has 1 aromatic heterocycles. The van der Waals surface area contributed by atoms with Crippen molar-refractivity contribution < 1.29 is 13.5 Å². The lowest BCUT2D eigenvalue weighted by Gasteiger charge is -2.10. The molecule has 6 nitrogen and oxygen atoms in total. The van der Waals surface area contributed by atoms with Gasteiger partial charge < -0.3 is 5.11 Å². The molecule has 1 heterocycles. The average molecular weight is 316 g/mol. The zero-order valence-corrected chi connectivity index (χ0v) is 12.3. The number of aromatic nitrogens is 2. The van der Waals surface area contributed by atoms with Gasteiger partial charge in [0.15, 0.2) is 0 Å². The van der Waals surface area contributed by atoms with E-state index in [9.17, 15) is 8.42 Å². The Morgan fingerprint density at radius 1 is 1.45 bits per heavy atom. The molecular weight excluding hydrogens is 302 g/mol. The summed E-state index contributed by atoms with van der Waals surface area (Å²) in [6.45, 7) is 1.86. The number of hydrogen-bond acceptors (Lipinski definition) is 4. The topological polar surface area (TPSA) is 84.2 Å². The Hall–Kier alpha value is -1.57. The van der Waals surface area contributed by atoms with Crippen LogP contribution in [0.3, 0.4) is 0 Å². The predicted octanol–water partition coefficient (Wildman–Crippen LogP) is 1.64. The van der Waals surface area contributed by atoms with Crippen molar-refractivity contribution in [2.45, 2.75) is 18.4 Å². The van der Waals surface area contributed by atoms with Crippen molar-refractivity contribution in [2.75, 3.05) is 11.3 Å². The van der Waals surface area contributed by atoms with Crippen molar-refractivity contribution >= 4 is 27.3 Å². The Labute approximate surface area is 122 Å². The molecule has 1 aromatic carbocycles. The van der Waals surface area contributed by atoms with Crippen LogP contribution in [-0.4, -0.2) is 29.9 Å². The first-order chi connectivity index (χ1) is 9.44. The van der Waals surface area contributed by atoms with E-state index in [0.717, 1.165) is 0 Å². The van der Waals surface area contributed by atoms with E-state index in [2.05, 4.69) is 9.82 Å². The van der Waals surface area contributed by atoms with Gasteiger partial charge in [0, 0.05) is 11.2 Å². The molecule has 0 saturated heterocycles. The van der Waals surface area contributed by atoms with Gasteiger partial charge in [-0.15, -0.1) is 0 Å². The van der Waals surface area contributed by atoms with Gasteiger partial charge in [-0.1, -0.05) is 17.7 Å². The number of sulfonamides is 1. The van der Waals surface area contributed by atoms with Crippen LogP contribution < -0.4 is 4.72 Å². The number of halogens is 1. The summed E-state index contributed by atoms with van der Waals surface area (Å²) in [4.78, 5) is 0.0327. The maximum absolute atomic E-state index is 12.2. The van der Waals surface area contributed by atoms with E-state index in [4.69, 9.17) is 16.7 Å².